The van der Waals surface area contributed by atoms with Gasteiger partial charge in [-0.1, -0.05) is 0 Å². The molecule has 0 fully saturated rings. The van der Waals surface area contributed by atoms with Gasteiger partial charge in [-0.3, -0.25) is 4.79 Å². The topological polar surface area (TPSA) is 29.1 Å². The Bertz CT molecular complexity index is 588. The summed E-state index contributed by atoms with van der Waals surface area (Å²) in [6.45, 7) is 3.82. The molecule has 2 nitrogen and oxygen atoms in total. The monoisotopic (exact) mass is 267 g/mol. The Morgan fingerprint density at radius 3 is 2.50 bits per heavy atom. The van der Waals surface area contributed by atoms with E-state index in [4.69, 9.17) is 0 Å². The highest BCUT2D eigenvalue weighted by Gasteiger charge is 2.13. The van der Waals surface area contributed by atoms with E-state index in [1.54, 1.807) is 6.07 Å². The average Bonchev–Trinajstić information content (AvgIpc) is 2.63. The van der Waals surface area contributed by atoms with Gasteiger partial charge in [0.2, 0.25) is 0 Å². The van der Waals surface area contributed by atoms with Gasteiger partial charge in [-0.15, -0.1) is 11.3 Å². The van der Waals surface area contributed by atoms with Gasteiger partial charge in [0.15, 0.2) is 0 Å². The van der Waals surface area contributed by atoms with Crippen molar-refractivity contribution in [2.45, 2.75) is 13.8 Å². The number of hydrogen-bond donors (Lipinski definition) is 1. The van der Waals surface area contributed by atoms with Crippen molar-refractivity contribution < 1.29 is 13.6 Å². The molecule has 1 N–H and O–H groups in total. The van der Waals surface area contributed by atoms with Crippen LogP contribution in [0.3, 0.4) is 0 Å². The maximum absolute atomic E-state index is 13.4. The van der Waals surface area contributed by atoms with Crippen molar-refractivity contribution in [2.24, 2.45) is 0 Å². The molecule has 2 aromatic rings. The number of rotatable bonds is 2. The Hall–Kier alpha value is -1.75. The molecule has 0 unspecified atom stereocenters. The molecule has 0 atom stereocenters. The van der Waals surface area contributed by atoms with Crippen LogP contribution in [0.4, 0.5) is 14.5 Å². The minimum Gasteiger partial charge on any atom is -0.319 e. The highest BCUT2D eigenvalue weighted by Crippen LogP contribution is 2.22. The van der Waals surface area contributed by atoms with Crippen LogP contribution in [0.25, 0.3) is 0 Å². The number of carbonyl (C=O) groups is 1. The lowest BCUT2D eigenvalue weighted by atomic mass is 10.2. The number of thiophene rings is 1. The summed E-state index contributed by atoms with van der Waals surface area (Å²) < 4.78 is 26.1. The summed E-state index contributed by atoms with van der Waals surface area (Å²) >= 11 is 1.34. The van der Waals surface area contributed by atoms with Crippen LogP contribution in [0, 0.1) is 25.5 Å². The Kier molecular flexibility index (Phi) is 3.43. The summed E-state index contributed by atoms with van der Waals surface area (Å²) in [6, 6.07) is 4.79. The van der Waals surface area contributed by atoms with Gasteiger partial charge in [0, 0.05) is 10.9 Å². The van der Waals surface area contributed by atoms with Crippen molar-refractivity contribution >= 4 is 22.9 Å². The van der Waals surface area contributed by atoms with Gasteiger partial charge in [0.25, 0.3) is 5.91 Å². The molecule has 1 aromatic heterocycles. The third-order valence-corrected chi connectivity index (χ3v) is 3.72. The molecule has 2 rings (SSSR count). The Labute approximate surface area is 107 Å². The summed E-state index contributed by atoms with van der Waals surface area (Å²) in [5.74, 6) is -1.84. The second-order valence-electron chi connectivity index (χ2n) is 3.93. The van der Waals surface area contributed by atoms with E-state index in [0.717, 1.165) is 22.6 Å². The molecule has 18 heavy (non-hydrogen) atoms. The SMILES string of the molecule is Cc1cc(C(=O)Nc2ccc(F)cc2F)sc1C. The quantitative estimate of drug-likeness (QED) is 0.878. The van der Waals surface area contributed by atoms with Crippen LogP contribution in [0.15, 0.2) is 24.3 Å². The summed E-state index contributed by atoms with van der Waals surface area (Å²) in [5, 5.41) is 2.42. The number of aryl methyl sites for hydroxylation is 2. The lowest BCUT2D eigenvalue weighted by Gasteiger charge is -2.04. The fraction of sp³-hybridized carbons (Fsp3) is 0.154. The van der Waals surface area contributed by atoms with Gasteiger partial charge in [-0.2, -0.15) is 0 Å². The predicted molar refractivity (Wildman–Crippen MR) is 68.1 cm³/mol. The summed E-state index contributed by atoms with van der Waals surface area (Å²) in [6.07, 6.45) is 0. The first kappa shape index (κ1) is 12.7. The summed E-state index contributed by atoms with van der Waals surface area (Å²) in [7, 11) is 0. The fourth-order valence-corrected chi connectivity index (χ4v) is 2.39. The lowest BCUT2D eigenvalue weighted by molar-refractivity contribution is 0.103. The first-order valence-electron chi connectivity index (χ1n) is 5.31. The predicted octanol–water partition coefficient (Wildman–Crippen LogP) is 3.90. The molecule has 0 spiro atoms. The standard InChI is InChI=1S/C13H11F2NOS/c1-7-5-12(18-8(7)2)13(17)16-11-4-3-9(14)6-10(11)15/h3-6H,1-2H3,(H,16,17). The molecule has 0 aliphatic rings. The maximum Gasteiger partial charge on any atom is 0.265 e. The molecule has 1 amide bonds. The molecule has 0 saturated carbocycles. The van der Waals surface area contributed by atoms with Gasteiger partial charge in [0.1, 0.15) is 11.6 Å². The molecule has 0 bridgehead atoms. The van der Waals surface area contributed by atoms with Crippen molar-refractivity contribution in [2.75, 3.05) is 5.32 Å². The van der Waals surface area contributed by atoms with Gasteiger partial charge in [0.05, 0.1) is 10.6 Å². The van der Waals surface area contributed by atoms with Gasteiger partial charge < -0.3 is 5.32 Å². The zero-order valence-corrected chi connectivity index (χ0v) is 10.7. The smallest absolute Gasteiger partial charge is 0.265 e. The van der Waals surface area contributed by atoms with Crippen molar-refractivity contribution in [1.82, 2.24) is 0 Å². The van der Waals surface area contributed by atoms with Crippen LogP contribution in [0.2, 0.25) is 0 Å². The average molecular weight is 267 g/mol. The van der Waals surface area contributed by atoms with Crippen molar-refractivity contribution in [1.29, 1.82) is 0 Å². The number of benzene rings is 1. The Balaban J connectivity index is 2.21. The fourth-order valence-electron chi connectivity index (χ4n) is 1.46. The van der Waals surface area contributed by atoms with Crippen LogP contribution < -0.4 is 5.32 Å². The zero-order valence-electron chi connectivity index (χ0n) is 9.88. The second kappa shape index (κ2) is 4.86. The van der Waals surface area contributed by atoms with E-state index in [1.165, 1.54) is 17.4 Å². The lowest BCUT2D eigenvalue weighted by Crippen LogP contribution is -2.11. The van der Waals surface area contributed by atoms with E-state index in [0.29, 0.717) is 4.88 Å². The van der Waals surface area contributed by atoms with E-state index in [-0.39, 0.29) is 11.6 Å². The molecule has 5 heteroatoms. The number of anilines is 1. The van der Waals surface area contributed by atoms with E-state index in [2.05, 4.69) is 5.32 Å². The molecule has 1 aromatic carbocycles. The van der Waals surface area contributed by atoms with Crippen LogP contribution in [-0.4, -0.2) is 5.91 Å². The highest BCUT2D eigenvalue weighted by molar-refractivity contribution is 7.14. The van der Waals surface area contributed by atoms with Gasteiger partial charge >= 0.3 is 0 Å². The summed E-state index contributed by atoms with van der Waals surface area (Å²) in [5.41, 5.74) is 0.995. The van der Waals surface area contributed by atoms with E-state index < -0.39 is 11.6 Å². The van der Waals surface area contributed by atoms with Gasteiger partial charge in [-0.05, 0) is 37.6 Å². The molecule has 0 saturated heterocycles. The molecule has 0 aliphatic carbocycles. The van der Waals surface area contributed by atoms with Crippen LogP contribution in [0.1, 0.15) is 20.1 Å². The number of carbonyl (C=O) groups excluding carboxylic acids is 1. The first-order chi connectivity index (χ1) is 8.47. The number of amides is 1. The summed E-state index contributed by atoms with van der Waals surface area (Å²) in [4.78, 5) is 13.4. The van der Waals surface area contributed by atoms with Crippen molar-refractivity contribution in [3.63, 3.8) is 0 Å². The highest BCUT2D eigenvalue weighted by atomic mass is 32.1. The number of hydrogen-bond acceptors (Lipinski definition) is 2. The molecule has 94 valence electrons. The zero-order chi connectivity index (χ0) is 13.3. The number of halogens is 2. The van der Waals surface area contributed by atoms with E-state index >= 15 is 0 Å². The van der Waals surface area contributed by atoms with Crippen LogP contribution in [0.5, 0.6) is 0 Å². The van der Waals surface area contributed by atoms with E-state index in [9.17, 15) is 13.6 Å². The van der Waals surface area contributed by atoms with Crippen molar-refractivity contribution in [3.05, 3.63) is 51.2 Å². The molecular formula is C13H11F2NOS. The Morgan fingerprint density at radius 2 is 1.94 bits per heavy atom. The van der Waals surface area contributed by atoms with E-state index in [1.807, 2.05) is 13.8 Å². The third kappa shape index (κ3) is 2.56. The maximum atomic E-state index is 13.4. The minimum absolute atomic E-state index is 0.0230. The second-order valence-corrected chi connectivity index (χ2v) is 5.18. The molecular weight excluding hydrogens is 256 g/mol. The van der Waals surface area contributed by atoms with Gasteiger partial charge in [-0.25, -0.2) is 8.78 Å². The minimum atomic E-state index is -0.784. The molecule has 0 aliphatic heterocycles. The molecule has 0 radical (unpaired) electrons. The Morgan fingerprint density at radius 1 is 1.22 bits per heavy atom. The largest absolute Gasteiger partial charge is 0.319 e. The van der Waals surface area contributed by atoms with Crippen LogP contribution >= 0.6 is 11.3 Å². The van der Waals surface area contributed by atoms with Crippen LogP contribution in [-0.2, 0) is 0 Å². The van der Waals surface area contributed by atoms with Crippen molar-refractivity contribution in [3.8, 4) is 0 Å². The molecule has 1 heterocycles. The normalized spacial score (nSPS) is 10.4. The number of nitrogens with one attached hydrogen (secondary N) is 1. The first-order valence-corrected chi connectivity index (χ1v) is 6.12. The third-order valence-electron chi connectivity index (χ3n) is 2.57.